The lowest BCUT2D eigenvalue weighted by Crippen LogP contribution is -2.09. The first-order valence-electron chi connectivity index (χ1n) is 8.88. The van der Waals surface area contributed by atoms with Gasteiger partial charge in [0.05, 0.1) is 18.7 Å². The summed E-state index contributed by atoms with van der Waals surface area (Å²) < 4.78 is 12.7. The molecule has 0 saturated heterocycles. The van der Waals surface area contributed by atoms with Crippen LogP contribution in [-0.4, -0.2) is 31.9 Å². The van der Waals surface area contributed by atoms with Gasteiger partial charge >= 0.3 is 5.97 Å². The van der Waals surface area contributed by atoms with Crippen LogP contribution in [0.25, 0.3) is 5.65 Å². The lowest BCUT2D eigenvalue weighted by Gasteiger charge is -2.07. The second-order valence-electron chi connectivity index (χ2n) is 6.49. The van der Waals surface area contributed by atoms with Crippen LogP contribution >= 0.6 is 11.6 Å². The van der Waals surface area contributed by atoms with Crippen LogP contribution in [0.2, 0.25) is 5.15 Å². The highest BCUT2D eigenvalue weighted by Crippen LogP contribution is 2.40. The van der Waals surface area contributed by atoms with Gasteiger partial charge in [0, 0.05) is 24.0 Å². The Kier molecular flexibility index (Phi) is 4.94. The van der Waals surface area contributed by atoms with Gasteiger partial charge in [0.1, 0.15) is 23.7 Å². The minimum absolute atomic E-state index is 0.205. The fourth-order valence-corrected chi connectivity index (χ4v) is 3.13. The topological polar surface area (TPSA) is 78.6 Å². The van der Waals surface area contributed by atoms with Gasteiger partial charge in [0.25, 0.3) is 0 Å². The van der Waals surface area contributed by atoms with E-state index in [4.69, 9.17) is 21.1 Å². The molecule has 4 rings (SSSR count). The number of carbonyl (C=O) groups excluding carboxylic acids is 1. The number of esters is 1. The standard InChI is InChI=1S/C19H19ClN4O3/c1-2-26-18(25)6-13-5-14(12-3-4-12)8-24-9-15(23-19(13)24)10-27-17-7-16(20)21-11-22-17/h5,7-9,11-12H,2-4,6,10H2,1H3. The molecule has 7 nitrogen and oxygen atoms in total. The summed E-state index contributed by atoms with van der Waals surface area (Å²) in [7, 11) is 0. The predicted molar refractivity (Wildman–Crippen MR) is 98.9 cm³/mol. The van der Waals surface area contributed by atoms with Crippen molar-refractivity contribution in [3.63, 3.8) is 0 Å². The minimum atomic E-state index is -0.247. The summed E-state index contributed by atoms with van der Waals surface area (Å²) >= 11 is 5.84. The van der Waals surface area contributed by atoms with E-state index in [0.717, 1.165) is 16.9 Å². The predicted octanol–water partition coefficient (Wildman–Crippen LogP) is 3.34. The van der Waals surface area contributed by atoms with E-state index in [0.29, 0.717) is 23.6 Å². The molecule has 8 heteroatoms. The zero-order valence-electron chi connectivity index (χ0n) is 14.9. The Balaban J connectivity index is 1.60. The number of nitrogens with zero attached hydrogens (tertiary/aromatic N) is 4. The minimum Gasteiger partial charge on any atom is -0.471 e. The second kappa shape index (κ2) is 7.52. The Morgan fingerprint density at radius 2 is 2.15 bits per heavy atom. The summed E-state index contributed by atoms with van der Waals surface area (Å²) in [5, 5.41) is 0.320. The normalized spacial score (nSPS) is 13.7. The van der Waals surface area contributed by atoms with Crippen LogP contribution in [0.4, 0.5) is 0 Å². The molecule has 0 radical (unpaired) electrons. The smallest absolute Gasteiger partial charge is 0.310 e. The van der Waals surface area contributed by atoms with E-state index in [9.17, 15) is 4.79 Å². The van der Waals surface area contributed by atoms with Gasteiger partial charge in [0.15, 0.2) is 0 Å². The molecule has 3 aromatic heterocycles. The first kappa shape index (κ1) is 17.7. The van der Waals surface area contributed by atoms with Gasteiger partial charge in [-0.3, -0.25) is 4.79 Å². The van der Waals surface area contributed by atoms with Crippen molar-refractivity contribution in [2.24, 2.45) is 0 Å². The maximum Gasteiger partial charge on any atom is 0.310 e. The maximum atomic E-state index is 12.0. The summed E-state index contributed by atoms with van der Waals surface area (Å²) in [5.74, 6) is 0.710. The van der Waals surface area contributed by atoms with Gasteiger partial charge in [-0.05, 0) is 37.3 Å². The van der Waals surface area contributed by atoms with Gasteiger partial charge in [-0.15, -0.1) is 0 Å². The summed E-state index contributed by atoms with van der Waals surface area (Å²) in [4.78, 5) is 24.5. The van der Waals surface area contributed by atoms with Crippen molar-refractivity contribution in [3.05, 3.63) is 52.8 Å². The SMILES string of the molecule is CCOC(=O)Cc1cc(C2CC2)cn2cc(COc3cc(Cl)ncn3)nc12. The quantitative estimate of drug-likeness (QED) is 0.457. The first-order chi connectivity index (χ1) is 13.1. The largest absolute Gasteiger partial charge is 0.471 e. The fourth-order valence-electron chi connectivity index (χ4n) is 3.00. The van der Waals surface area contributed by atoms with Crippen LogP contribution in [0.15, 0.2) is 30.9 Å². The average molecular weight is 387 g/mol. The van der Waals surface area contributed by atoms with E-state index in [1.54, 1.807) is 13.0 Å². The summed E-state index contributed by atoms with van der Waals surface area (Å²) in [5.41, 5.74) is 3.58. The van der Waals surface area contributed by atoms with Crippen LogP contribution in [0.5, 0.6) is 5.88 Å². The molecular weight excluding hydrogens is 368 g/mol. The fraction of sp³-hybridized carbons (Fsp3) is 0.368. The van der Waals surface area contributed by atoms with Crippen LogP contribution in [0.1, 0.15) is 42.5 Å². The van der Waals surface area contributed by atoms with E-state index >= 15 is 0 Å². The number of hydrogen-bond acceptors (Lipinski definition) is 6. The van der Waals surface area contributed by atoms with Gasteiger partial charge in [-0.1, -0.05) is 11.6 Å². The number of hydrogen-bond donors (Lipinski definition) is 0. The van der Waals surface area contributed by atoms with Crippen molar-refractivity contribution in [2.75, 3.05) is 6.61 Å². The molecule has 0 amide bonds. The summed E-state index contributed by atoms with van der Waals surface area (Å²) in [6.07, 6.45) is 7.92. The number of rotatable bonds is 7. The van der Waals surface area contributed by atoms with Crippen molar-refractivity contribution in [1.82, 2.24) is 19.4 Å². The molecule has 1 saturated carbocycles. The van der Waals surface area contributed by atoms with E-state index in [1.807, 2.05) is 10.6 Å². The van der Waals surface area contributed by atoms with E-state index < -0.39 is 0 Å². The number of halogens is 1. The Bertz CT molecular complexity index is 984. The molecule has 3 aromatic rings. The van der Waals surface area contributed by atoms with Crippen LogP contribution in [-0.2, 0) is 22.6 Å². The van der Waals surface area contributed by atoms with E-state index in [2.05, 4.69) is 27.2 Å². The van der Waals surface area contributed by atoms with E-state index in [-0.39, 0.29) is 19.0 Å². The lowest BCUT2D eigenvalue weighted by molar-refractivity contribution is -0.142. The maximum absolute atomic E-state index is 12.0. The highest BCUT2D eigenvalue weighted by molar-refractivity contribution is 6.29. The molecule has 3 heterocycles. The Labute approximate surface area is 161 Å². The van der Waals surface area contributed by atoms with Crippen LogP contribution in [0, 0.1) is 0 Å². The molecule has 0 N–H and O–H groups in total. The second-order valence-corrected chi connectivity index (χ2v) is 6.87. The number of ether oxygens (including phenoxy) is 2. The monoisotopic (exact) mass is 386 g/mol. The highest BCUT2D eigenvalue weighted by atomic mass is 35.5. The molecule has 27 heavy (non-hydrogen) atoms. The molecule has 0 bridgehead atoms. The molecule has 0 aromatic carbocycles. The molecule has 140 valence electrons. The summed E-state index contributed by atoms with van der Waals surface area (Å²) in [6, 6.07) is 3.63. The Hall–Kier alpha value is -2.67. The Morgan fingerprint density at radius 1 is 1.30 bits per heavy atom. The van der Waals surface area contributed by atoms with Crippen LogP contribution < -0.4 is 4.74 Å². The van der Waals surface area contributed by atoms with Gasteiger partial charge in [0.2, 0.25) is 5.88 Å². The van der Waals surface area contributed by atoms with E-state index in [1.165, 1.54) is 24.7 Å². The third-order valence-electron chi connectivity index (χ3n) is 4.36. The Morgan fingerprint density at radius 3 is 2.89 bits per heavy atom. The summed E-state index contributed by atoms with van der Waals surface area (Å²) in [6.45, 7) is 2.41. The highest BCUT2D eigenvalue weighted by Gasteiger charge is 2.25. The van der Waals surface area contributed by atoms with Crippen molar-refractivity contribution in [3.8, 4) is 5.88 Å². The first-order valence-corrected chi connectivity index (χ1v) is 9.26. The van der Waals surface area contributed by atoms with Crippen molar-refractivity contribution in [1.29, 1.82) is 0 Å². The third-order valence-corrected chi connectivity index (χ3v) is 4.57. The van der Waals surface area contributed by atoms with Crippen molar-refractivity contribution >= 4 is 23.2 Å². The third kappa shape index (κ3) is 4.19. The number of imidazole rings is 1. The number of carbonyl (C=O) groups is 1. The number of fused-ring (bicyclic) bond motifs is 1. The van der Waals surface area contributed by atoms with Gasteiger partial charge in [-0.2, -0.15) is 0 Å². The molecule has 0 unspecified atom stereocenters. The van der Waals surface area contributed by atoms with Crippen molar-refractivity contribution in [2.45, 2.75) is 38.7 Å². The average Bonchev–Trinajstić information content (AvgIpc) is 3.40. The molecule has 0 atom stereocenters. The molecule has 1 aliphatic rings. The van der Waals surface area contributed by atoms with Gasteiger partial charge in [-0.25, -0.2) is 15.0 Å². The van der Waals surface area contributed by atoms with Crippen molar-refractivity contribution < 1.29 is 14.3 Å². The van der Waals surface area contributed by atoms with Crippen LogP contribution in [0.3, 0.4) is 0 Å². The molecular formula is C19H19ClN4O3. The molecule has 0 spiro atoms. The lowest BCUT2D eigenvalue weighted by atomic mass is 10.1. The molecule has 1 fully saturated rings. The zero-order chi connectivity index (χ0) is 18.8. The molecule has 1 aliphatic carbocycles. The van der Waals surface area contributed by atoms with Gasteiger partial charge < -0.3 is 13.9 Å². The number of pyridine rings is 1. The number of aromatic nitrogens is 4. The zero-order valence-corrected chi connectivity index (χ0v) is 15.6. The molecule has 0 aliphatic heterocycles.